The molecule has 1 unspecified atom stereocenters. The molecule has 96 valence electrons. The highest BCUT2D eigenvalue weighted by molar-refractivity contribution is 9.10. The third kappa shape index (κ3) is 5.80. The molecule has 0 aliphatic rings. The molecule has 1 aromatic carbocycles. The molecule has 0 saturated heterocycles. The van der Waals surface area contributed by atoms with E-state index in [1.165, 1.54) is 0 Å². The van der Waals surface area contributed by atoms with Gasteiger partial charge in [0.05, 0.1) is 15.7 Å². The first-order valence-electron chi connectivity index (χ1n) is 5.78. The van der Waals surface area contributed by atoms with Crippen molar-refractivity contribution in [3.63, 3.8) is 0 Å². The monoisotopic (exact) mass is 317 g/mol. The molecule has 0 aliphatic heterocycles. The first-order chi connectivity index (χ1) is 7.90. The van der Waals surface area contributed by atoms with Gasteiger partial charge in [0.2, 0.25) is 0 Å². The Balaban J connectivity index is 2.39. The van der Waals surface area contributed by atoms with Crippen molar-refractivity contribution in [2.45, 2.75) is 37.6 Å². The summed E-state index contributed by atoms with van der Waals surface area (Å²) in [7, 11) is -0.910. The van der Waals surface area contributed by atoms with Gasteiger partial charge in [0.1, 0.15) is 0 Å². The zero-order chi connectivity index (χ0) is 12.9. The molecule has 0 aliphatic carbocycles. The fourth-order valence-corrected chi connectivity index (χ4v) is 3.37. The van der Waals surface area contributed by atoms with Crippen LogP contribution in [0.4, 0.5) is 0 Å². The summed E-state index contributed by atoms with van der Waals surface area (Å²) in [5.41, 5.74) is 0.134. The summed E-state index contributed by atoms with van der Waals surface area (Å²) in [6, 6.07) is 7.70. The van der Waals surface area contributed by atoms with Crippen LogP contribution in [-0.4, -0.2) is 22.0 Å². The average Bonchev–Trinajstić information content (AvgIpc) is 2.23. The minimum absolute atomic E-state index is 0.134. The summed E-state index contributed by atoms with van der Waals surface area (Å²) in [5, 5.41) is 3.40. The first kappa shape index (κ1) is 14.9. The summed E-state index contributed by atoms with van der Waals surface area (Å²) in [6.07, 6.45) is 0.922. The van der Waals surface area contributed by atoms with E-state index in [0.29, 0.717) is 5.75 Å². The fraction of sp³-hybridized carbons (Fsp3) is 0.538. The average molecular weight is 318 g/mol. The topological polar surface area (TPSA) is 29.1 Å². The molecular weight excluding hydrogens is 298 g/mol. The Bertz CT molecular complexity index is 387. The van der Waals surface area contributed by atoms with Gasteiger partial charge in [0, 0.05) is 15.8 Å². The molecule has 0 aromatic heterocycles. The van der Waals surface area contributed by atoms with Crippen molar-refractivity contribution in [3.05, 3.63) is 28.7 Å². The van der Waals surface area contributed by atoms with E-state index in [1.807, 2.05) is 24.3 Å². The molecule has 0 spiro atoms. The maximum absolute atomic E-state index is 12.0. The van der Waals surface area contributed by atoms with Crippen LogP contribution in [0, 0.1) is 0 Å². The van der Waals surface area contributed by atoms with Crippen molar-refractivity contribution in [1.82, 2.24) is 5.32 Å². The first-order valence-corrected chi connectivity index (χ1v) is 7.89. The van der Waals surface area contributed by atoms with Crippen molar-refractivity contribution in [3.8, 4) is 0 Å². The van der Waals surface area contributed by atoms with E-state index in [0.717, 1.165) is 22.3 Å². The lowest BCUT2D eigenvalue weighted by atomic mass is 10.1. The number of halogens is 1. The van der Waals surface area contributed by atoms with Crippen LogP contribution in [0.2, 0.25) is 0 Å². The van der Waals surface area contributed by atoms with Gasteiger partial charge in [-0.25, -0.2) is 0 Å². The highest BCUT2D eigenvalue weighted by Crippen LogP contribution is 2.19. The van der Waals surface area contributed by atoms with Gasteiger partial charge >= 0.3 is 0 Å². The molecule has 1 N–H and O–H groups in total. The molecule has 17 heavy (non-hydrogen) atoms. The van der Waals surface area contributed by atoms with Crippen molar-refractivity contribution in [2.75, 3.05) is 12.3 Å². The highest BCUT2D eigenvalue weighted by Gasteiger charge is 2.10. The third-order valence-electron chi connectivity index (χ3n) is 2.24. The molecule has 1 atom stereocenters. The lowest BCUT2D eigenvalue weighted by Gasteiger charge is -2.20. The van der Waals surface area contributed by atoms with Crippen LogP contribution in [0.15, 0.2) is 33.6 Å². The normalized spacial score (nSPS) is 13.6. The highest BCUT2D eigenvalue weighted by atomic mass is 79.9. The quantitative estimate of drug-likeness (QED) is 0.844. The fourth-order valence-electron chi connectivity index (χ4n) is 1.41. The van der Waals surface area contributed by atoms with Gasteiger partial charge in [-0.15, -0.1) is 0 Å². The van der Waals surface area contributed by atoms with Crippen LogP contribution in [0.3, 0.4) is 0 Å². The second-order valence-corrected chi connectivity index (χ2v) is 7.40. The number of benzene rings is 1. The predicted octanol–water partition coefficient (Wildman–Crippen LogP) is 3.33. The molecular formula is C13H20BrNOS. The molecule has 0 fully saturated rings. The number of hydrogen-bond acceptors (Lipinski definition) is 2. The largest absolute Gasteiger partial charge is 0.312 e. The molecule has 0 saturated carbocycles. The summed E-state index contributed by atoms with van der Waals surface area (Å²) in [5.74, 6) is 0.700. The Morgan fingerprint density at radius 2 is 1.94 bits per heavy atom. The van der Waals surface area contributed by atoms with Gasteiger partial charge in [-0.05, 0) is 61.8 Å². The summed E-state index contributed by atoms with van der Waals surface area (Å²) >= 11 is 3.43. The molecule has 2 nitrogen and oxygen atoms in total. The van der Waals surface area contributed by atoms with Crippen molar-refractivity contribution in [1.29, 1.82) is 0 Å². The Kier molecular flexibility index (Phi) is 5.83. The Morgan fingerprint density at radius 1 is 1.29 bits per heavy atom. The smallest absolute Gasteiger partial charge is 0.0541 e. The summed E-state index contributed by atoms with van der Waals surface area (Å²) in [4.78, 5) is 0.892. The van der Waals surface area contributed by atoms with Gasteiger partial charge in [-0.2, -0.15) is 0 Å². The number of hydrogen-bond donors (Lipinski definition) is 1. The van der Waals surface area contributed by atoms with E-state index in [4.69, 9.17) is 0 Å². The Hall–Kier alpha value is -0.190. The van der Waals surface area contributed by atoms with Crippen molar-refractivity contribution >= 4 is 26.7 Å². The summed E-state index contributed by atoms with van der Waals surface area (Å²) in [6.45, 7) is 7.31. The van der Waals surface area contributed by atoms with Gasteiger partial charge in [-0.1, -0.05) is 12.1 Å². The van der Waals surface area contributed by atoms with E-state index in [2.05, 4.69) is 42.0 Å². The number of nitrogens with one attached hydrogen (secondary N) is 1. The minimum atomic E-state index is -0.910. The lowest BCUT2D eigenvalue weighted by Crippen LogP contribution is -2.36. The standard InChI is InChI=1S/C13H20BrNOS/c1-13(2,3)15-9-6-10-17(16)12-8-5-4-7-11(12)14/h4-5,7-8,15H,6,9-10H2,1-3H3. The second-order valence-electron chi connectivity index (χ2n) is 5.01. The maximum atomic E-state index is 12.0. The van der Waals surface area contributed by atoms with E-state index < -0.39 is 10.8 Å². The molecule has 0 heterocycles. The van der Waals surface area contributed by atoms with Gasteiger partial charge in [0.25, 0.3) is 0 Å². The third-order valence-corrected chi connectivity index (χ3v) is 4.70. The van der Waals surface area contributed by atoms with E-state index in [1.54, 1.807) is 0 Å². The van der Waals surface area contributed by atoms with Crippen LogP contribution in [0.1, 0.15) is 27.2 Å². The minimum Gasteiger partial charge on any atom is -0.312 e. The predicted molar refractivity (Wildman–Crippen MR) is 77.8 cm³/mol. The zero-order valence-corrected chi connectivity index (χ0v) is 13.0. The van der Waals surface area contributed by atoms with Crippen LogP contribution >= 0.6 is 15.9 Å². The van der Waals surface area contributed by atoms with Crippen molar-refractivity contribution < 1.29 is 4.21 Å². The second kappa shape index (κ2) is 6.66. The van der Waals surface area contributed by atoms with Crippen LogP contribution in [0.25, 0.3) is 0 Å². The Labute approximate surface area is 115 Å². The van der Waals surface area contributed by atoms with Gasteiger partial charge in [0.15, 0.2) is 0 Å². The van der Waals surface area contributed by atoms with Gasteiger partial charge in [-0.3, -0.25) is 4.21 Å². The van der Waals surface area contributed by atoms with Crippen LogP contribution in [0.5, 0.6) is 0 Å². The van der Waals surface area contributed by atoms with Crippen LogP contribution < -0.4 is 5.32 Å². The zero-order valence-electron chi connectivity index (χ0n) is 10.6. The van der Waals surface area contributed by atoms with Crippen molar-refractivity contribution in [2.24, 2.45) is 0 Å². The maximum Gasteiger partial charge on any atom is 0.0541 e. The van der Waals surface area contributed by atoms with Gasteiger partial charge < -0.3 is 5.32 Å². The van der Waals surface area contributed by atoms with Crippen LogP contribution in [-0.2, 0) is 10.8 Å². The van der Waals surface area contributed by atoms with E-state index in [9.17, 15) is 4.21 Å². The van der Waals surface area contributed by atoms with E-state index >= 15 is 0 Å². The van der Waals surface area contributed by atoms with E-state index in [-0.39, 0.29) is 5.54 Å². The molecule has 4 heteroatoms. The molecule has 0 radical (unpaired) electrons. The SMILES string of the molecule is CC(C)(C)NCCCS(=O)c1ccccc1Br. The summed E-state index contributed by atoms with van der Waals surface area (Å²) < 4.78 is 13.0. The Morgan fingerprint density at radius 3 is 2.53 bits per heavy atom. The molecule has 1 rings (SSSR count). The molecule has 0 bridgehead atoms. The number of rotatable bonds is 5. The molecule has 0 amide bonds. The lowest BCUT2D eigenvalue weighted by molar-refractivity contribution is 0.427. The molecule has 1 aromatic rings.